The molecule has 0 atom stereocenters. The molecular formula is C21H22ClN3O3. The number of hydrogen-bond acceptors (Lipinski definition) is 3. The molecule has 2 aromatic carbocycles. The van der Waals surface area contributed by atoms with Crippen LogP contribution in [0.5, 0.6) is 0 Å². The highest BCUT2D eigenvalue weighted by Crippen LogP contribution is 2.27. The van der Waals surface area contributed by atoms with Crippen LogP contribution in [0.2, 0.25) is 5.02 Å². The number of halogens is 1. The van der Waals surface area contributed by atoms with Gasteiger partial charge in [-0.15, -0.1) is 0 Å². The van der Waals surface area contributed by atoms with Gasteiger partial charge in [0.05, 0.1) is 0 Å². The number of benzene rings is 2. The fraction of sp³-hybridized carbons (Fsp3) is 0.286. The molecule has 28 heavy (non-hydrogen) atoms. The van der Waals surface area contributed by atoms with E-state index in [1.165, 1.54) is 0 Å². The molecule has 0 saturated carbocycles. The second-order valence-corrected chi connectivity index (χ2v) is 7.14. The predicted molar refractivity (Wildman–Crippen MR) is 109 cm³/mol. The molecule has 2 N–H and O–H groups in total. The number of anilines is 2. The Labute approximate surface area is 168 Å². The summed E-state index contributed by atoms with van der Waals surface area (Å²) in [6.45, 7) is 2.74. The van der Waals surface area contributed by atoms with Crippen molar-refractivity contribution in [1.29, 1.82) is 0 Å². The van der Waals surface area contributed by atoms with Crippen LogP contribution in [0.4, 0.5) is 11.4 Å². The summed E-state index contributed by atoms with van der Waals surface area (Å²) in [4.78, 5) is 38.3. The van der Waals surface area contributed by atoms with Gasteiger partial charge in [0.1, 0.15) is 0 Å². The number of carbonyl (C=O) groups excluding carboxylic acids is 3. The average Bonchev–Trinajstić information content (AvgIpc) is 2.69. The van der Waals surface area contributed by atoms with E-state index in [0.29, 0.717) is 23.7 Å². The molecule has 0 aliphatic carbocycles. The predicted octanol–water partition coefficient (Wildman–Crippen LogP) is 3.42. The number of nitrogens with zero attached hydrogens (tertiary/aromatic N) is 1. The molecule has 0 spiro atoms. The van der Waals surface area contributed by atoms with Crippen molar-refractivity contribution < 1.29 is 14.4 Å². The highest BCUT2D eigenvalue weighted by atomic mass is 35.5. The van der Waals surface area contributed by atoms with Gasteiger partial charge in [-0.25, -0.2) is 0 Å². The Morgan fingerprint density at radius 2 is 1.89 bits per heavy atom. The van der Waals surface area contributed by atoms with Gasteiger partial charge in [0, 0.05) is 35.9 Å². The monoisotopic (exact) mass is 399 g/mol. The number of hydrogen-bond donors (Lipinski definition) is 2. The van der Waals surface area contributed by atoms with Gasteiger partial charge in [-0.2, -0.15) is 0 Å². The van der Waals surface area contributed by atoms with Crippen LogP contribution >= 0.6 is 11.6 Å². The number of nitrogens with one attached hydrogen (secondary N) is 2. The van der Waals surface area contributed by atoms with Crippen LogP contribution < -0.4 is 15.5 Å². The molecule has 1 saturated heterocycles. The third-order valence-electron chi connectivity index (χ3n) is 4.68. The smallest absolute Gasteiger partial charge is 0.313 e. The van der Waals surface area contributed by atoms with Crippen LogP contribution in [0.15, 0.2) is 42.5 Å². The van der Waals surface area contributed by atoms with E-state index in [0.717, 1.165) is 29.7 Å². The van der Waals surface area contributed by atoms with Crippen LogP contribution in [0.25, 0.3) is 0 Å². The molecule has 0 bridgehead atoms. The SMILES string of the molecule is Cc1ccc(NC(=O)C(=O)NCc2ccccc2Cl)cc1N1CCCCC1=O. The topological polar surface area (TPSA) is 78.5 Å². The van der Waals surface area contributed by atoms with Crippen molar-refractivity contribution in [2.75, 3.05) is 16.8 Å². The molecule has 1 aliphatic heterocycles. The van der Waals surface area contributed by atoms with E-state index in [1.807, 2.05) is 19.1 Å². The maximum atomic E-state index is 12.2. The van der Waals surface area contributed by atoms with Crippen LogP contribution in [0.1, 0.15) is 30.4 Å². The third kappa shape index (κ3) is 4.70. The maximum Gasteiger partial charge on any atom is 0.313 e. The number of amides is 3. The summed E-state index contributed by atoms with van der Waals surface area (Å²) in [5.41, 5.74) is 2.90. The molecular weight excluding hydrogens is 378 g/mol. The van der Waals surface area contributed by atoms with Crippen molar-refractivity contribution >= 4 is 40.7 Å². The molecule has 0 radical (unpaired) electrons. The van der Waals surface area contributed by atoms with E-state index < -0.39 is 11.8 Å². The Morgan fingerprint density at radius 3 is 2.64 bits per heavy atom. The molecule has 1 fully saturated rings. The van der Waals surface area contributed by atoms with Gasteiger partial charge in [-0.05, 0) is 49.1 Å². The Balaban J connectivity index is 1.65. The molecule has 1 heterocycles. The van der Waals surface area contributed by atoms with Gasteiger partial charge in [-0.1, -0.05) is 35.9 Å². The normalized spacial score (nSPS) is 13.9. The second kappa shape index (κ2) is 8.89. The molecule has 3 rings (SSSR count). The zero-order valence-electron chi connectivity index (χ0n) is 15.6. The van der Waals surface area contributed by atoms with Gasteiger partial charge >= 0.3 is 11.8 Å². The molecule has 7 heteroatoms. The van der Waals surface area contributed by atoms with E-state index >= 15 is 0 Å². The Kier molecular flexibility index (Phi) is 6.31. The zero-order valence-corrected chi connectivity index (χ0v) is 16.4. The molecule has 0 unspecified atom stereocenters. The van der Waals surface area contributed by atoms with Crippen LogP contribution in [-0.4, -0.2) is 24.3 Å². The van der Waals surface area contributed by atoms with Crippen LogP contribution in [0.3, 0.4) is 0 Å². The van der Waals surface area contributed by atoms with Gasteiger partial charge in [0.15, 0.2) is 0 Å². The fourth-order valence-corrected chi connectivity index (χ4v) is 3.33. The Morgan fingerprint density at radius 1 is 1.11 bits per heavy atom. The van der Waals surface area contributed by atoms with Gasteiger partial charge in [0.2, 0.25) is 5.91 Å². The first-order valence-electron chi connectivity index (χ1n) is 9.19. The lowest BCUT2D eigenvalue weighted by Crippen LogP contribution is -2.36. The highest BCUT2D eigenvalue weighted by molar-refractivity contribution is 6.39. The van der Waals surface area contributed by atoms with E-state index in [2.05, 4.69) is 10.6 Å². The minimum absolute atomic E-state index is 0.0790. The van der Waals surface area contributed by atoms with Crippen molar-refractivity contribution in [1.82, 2.24) is 5.32 Å². The molecule has 3 amide bonds. The van der Waals surface area contributed by atoms with E-state index in [1.54, 1.807) is 35.2 Å². The maximum absolute atomic E-state index is 12.2. The zero-order chi connectivity index (χ0) is 20.1. The van der Waals surface area contributed by atoms with Gasteiger partial charge in [-0.3, -0.25) is 14.4 Å². The minimum Gasteiger partial charge on any atom is -0.344 e. The third-order valence-corrected chi connectivity index (χ3v) is 5.05. The van der Waals surface area contributed by atoms with Crippen LogP contribution in [0, 0.1) is 6.92 Å². The van der Waals surface area contributed by atoms with Crippen LogP contribution in [-0.2, 0) is 20.9 Å². The molecule has 1 aliphatic rings. The van der Waals surface area contributed by atoms with Gasteiger partial charge < -0.3 is 15.5 Å². The average molecular weight is 400 g/mol. The van der Waals surface area contributed by atoms with Crippen molar-refractivity contribution in [2.24, 2.45) is 0 Å². The first-order valence-corrected chi connectivity index (χ1v) is 9.57. The summed E-state index contributed by atoms with van der Waals surface area (Å²) >= 11 is 6.05. The first kappa shape index (κ1) is 19.9. The number of rotatable bonds is 4. The molecule has 0 aromatic heterocycles. The largest absolute Gasteiger partial charge is 0.344 e. The molecule has 6 nitrogen and oxygen atoms in total. The summed E-state index contributed by atoms with van der Waals surface area (Å²) in [5.74, 6) is -1.45. The Hall–Kier alpha value is -2.86. The number of piperidine rings is 1. The minimum atomic E-state index is -0.771. The summed E-state index contributed by atoms with van der Waals surface area (Å²) in [7, 11) is 0. The Bertz CT molecular complexity index is 914. The summed E-state index contributed by atoms with van der Waals surface area (Å²) < 4.78 is 0. The molecule has 2 aromatic rings. The standard InChI is InChI=1S/C21H22ClN3O3/c1-14-9-10-16(12-18(14)25-11-5-4-8-19(25)26)24-21(28)20(27)23-13-15-6-2-3-7-17(15)22/h2-3,6-7,9-10,12H,4-5,8,11,13H2,1H3,(H,23,27)(H,24,28). The quantitative estimate of drug-likeness (QED) is 0.773. The van der Waals surface area contributed by atoms with Crippen molar-refractivity contribution in [3.05, 3.63) is 58.6 Å². The lowest BCUT2D eigenvalue weighted by atomic mass is 10.1. The number of aryl methyl sites for hydroxylation is 1. The van der Waals surface area contributed by atoms with Crippen molar-refractivity contribution in [3.63, 3.8) is 0 Å². The van der Waals surface area contributed by atoms with E-state index in [4.69, 9.17) is 11.6 Å². The van der Waals surface area contributed by atoms with E-state index in [9.17, 15) is 14.4 Å². The summed E-state index contributed by atoms with van der Waals surface area (Å²) in [5, 5.41) is 5.67. The summed E-state index contributed by atoms with van der Waals surface area (Å²) in [6, 6.07) is 12.4. The van der Waals surface area contributed by atoms with Crippen molar-refractivity contribution in [2.45, 2.75) is 32.7 Å². The van der Waals surface area contributed by atoms with Gasteiger partial charge in [0.25, 0.3) is 0 Å². The molecule has 146 valence electrons. The highest BCUT2D eigenvalue weighted by Gasteiger charge is 2.22. The first-order chi connectivity index (χ1) is 13.5. The van der Waals surface area contributed by atoms with Crippen molar-refractivity contribution in [3.8, 4) is 0 Å². The second-order valence-electron chi connectivity index (χ2n) is 6.73. The lowest BCUT2D eigenvalue weighted by Gasteiger charge is -2.28. The fourth-order valence-electron chi connectivity index (χ4n) is 3.12. The lowest BCUT2D eigenvalue weighted by molar-refractivity contribution is -0.136. The van der Waals surface area contributed by atoms with E-state index in [-0.39, 0.29) is 12.5 Å². The summed E-state index contributed by atoms with van der Waals surface area (Å²) in [6.07, 6.45) is 2.38. The number of carbonyl (C=O) groups is 3.